The molecule has 0 aromatic heterocycles. The third kappa shape index (κ3) is 4.05. The predicted molar refractivity (Wildman–Crippen MR) is 62.9 cm³/mol. The van der Waals surface area contributed by atoms with Gasteiger partial charge in [-0.05, 0) is 12.8 Å². The molecule has 0 spiro atoms. The number of allylic oxidation sites excluding steroid dienone is 2. The highest BCUT2D eigenvalue weighted by Gasteiger charge is 2.45. The minimum atomic E-state index is -4.54. The average molecular weight is 297 g/mol. The number of nitrogens with one attached hydrogen (secondary N) is 1. The smallest absolute Gasteiger partial charge is 0.368 e. The number of hydrogen-bond donors (Lipinski definition) is 1. The van der Waals surface area contributed by atoms with Gasteiger partial charge in [0, 0.05) is 0 Å². The Kier molecular flexibility index (Phi) is 3.76. The molecule has 2 rings (SSSR count). The molecule has 0 aliphatic heterocycles. The normalized spacial score (nSPS) is 28.3. The van der Waals surface area contributed by atoms with Crippen molar-refractivity contribution in [3.8, 4) is 0 Å². The Morgan fingerprint density at radius 2 is 2.00 bits per heavy atom. The predicted octanol–water partition coefficient (Wildman–Crippen LogP) is 1.51. The van der Waals surface area contributed by atoms with Gasteiger partial charge in [0.05, 0.1) is 24.0 Å². The first-order chi connectivity index (χ1) is 8.67. The fourth-order valence-electron chi connectivity index (χ4n) is 1.84. The van der Waals surface area contributed by atoms with E-state index in [0.29, 0.717) is 12.8 Å². The molecular formula is C11H14F3NO3S. The summed E-state index contributed by atoms with van der Waals surface area (Å²) >= 11 is 0. The van der Waals surface area contributed by atoms with E-state index in [1.807, 2.05) is 0 Å². The molecule has 0 radical (unpaired) electrons. The summed E-state index contributed by atoms with van der Waals surface area (Å²) in [7, 11) is -3.62. The van der Waals surface area contributed by atoms with Gasteiger partial charge in [-0.3, -0.25) is 0 Å². The average Bonchev–Trinajstić information content (AvgIpc) is 3.00. The van der Waals surface area contributed by atoms with E-state index in [0.717, 1.165) is 12.3 Å². The lowest BCUT2D eigenvalue weighted by Gasteiger charge is -2.30. The monoisotopic (exact) mass is 297 g/mol. The summed E-state index contributed by atoms with van der Waals surface area (Å²) in [4.78, 5) is 0. The van der Waals surface area contributed by atoms with Gasteiger partial charge in [0.1, 0.15) is 6.10 Å². The first kappa shape index (κ1) is 14.5. The number of hydrogen-bond acceptors (Lipinski definition) is 3. The van der Waals surface area contributed by atoms with Gasteiger partial charge < -0.3 is 4.74 Å². The summed E-state index contributed by atoms with van der Waals surface area (Å²) in [5, 5.41) is 0. The van der Waals surface area contributed by atoms with Crippen LogP contribution in [0.1, 0.15) is 12.8 Å². The molecule has 4 nitrogen and oxygen atoms in total. The second-order valence-electron chi connectivity index (χ2n) is 4.68. The van der Waals surface area contributed by atoms with Crippen LogP contribution < -0.4 is 4.72 Å². The highest BCUT2D eigenvalue weighted by atomic mass is 32.2. The molecule has 0 aromatic carbocycles. The largest absolute Gasteiger partial charge is 0.415 e. The lowest BCUT2D eigenvalue weighted by atomic mass is 9.97. The van der Waals surface area contributed by atoms with Crippen molar-refractivity contribution >= 4 is 10.0 Å². The van der Waals surface area contributed by atoms with Crippen molar-refractivity contribution in [3.05, 3.63) is 23.8 Å². The number of alkyl halides is 3. The van der Waals surface area contributed by atoms with E-state index in [9.17, 15) is 21.6 Å². The molecular weight excluding hydrogens is 283 g/mol. The molecule has 0 heterocycles. The van der Waals surface area contributed by atoms with Crippen molar-refractivity contribution in [2.75, 3.05) is 6.26 Å². The van der Waals surface area contributed by atoms with E-state index in [-0.39, 0.29) is 6.10 Å². The van der Waals surface area contributed by atoms with Crippen LogP contribution in [-0.2, 0) is 14.8 Å². The van der Waals surface area contributed by atoms with Gasteiger partial charge in [-0.1, -0.05) is 18.2 Å². The number of halogens is 3. The maximum absolute atomic E-state index is 12.9. The molecule has 0 amide bonds. The molecule has 108 valence electrons. The molecule has 0 aromatic rings. The molecule has 1 N–H and O–H groups in total. The highest BCUT2D eigenvalue weighted by molar-refractivity contribution is 7.88. The summed E-state index contributed by atoms with van der Waals surface area (Å²) in [5.74, 6) is 0. The third-order valence-corrected chi connectivity index (χ3v) is 3.47. The Labute approximate surface area is 109 Å². The van der Waals surface area contributed by atoms with Gasteiger partial charge in [0.15, 0.2) is 0 Å². The van der Waals surface area contributed by atoms with Gasteiger partial charge in [-0.2, -0.15) is 13.2 Å². The minimum absolute atomic E-state index is 0.217. The van der Waals surface area contributed by atoms with Crippen LogP contribution in [-0.4, -0.2) is 39.1 Å². The lowest BCUT2D eigenvalue weighted by molar-refractivity contribution is -0.114. The molecule has 1 saturated carbocycles. The highest BCUT2D eigenvalue weighted by Crippen LogP contribution is 2.37. The lowest BCUT2D eigenvalue weighted by Crippen LogP contribution is -2.47. The molecule has 0 bridgehead atoms. The van der Waals surface area contributed by atoms with Crippen LogP contribution >= 0.6 is 0 Å². The van der Waals surface area contributed by atoms with Crippen molar-refractivity contribution in [1.82, 2.24) is 4.72 Å². The number of sulfonamides is 1. The Hall–Kier alpha value is -0.860. The van der Waals surface area contributed by atoms with Crippen molar-refractivity contribution < 1.29 is 26.3 Å². The van der Waals surface area contributed by atoms with Gasteiger partial charge in [0.2, 0.25) is 10.0 Å². The summed E-state index contributed by atoms with van der Waals surface area (Å²) in [6.07, 6.45) is -0.288. The third-order valence-electron chi connectivity index (χ3n) is 2.77. The summed E-state index contributed by atoms with van der Waals surface area (Å²) in [6, 6.07) is -1.03. The summed E-state index contributed by atoms with van der Waals surface area (Å²) in [6.45, 7) is 0. The van der Waals surface area contributed by atoms with Crippen LogP contribution in [0.3, 0.4) is 0 Å². The number of rotatable bonds is 4. The fraction of sp³-hybridized carbons (Fsp3) is 0.636. The van der Waals surface area contributed by atoms with Crippen LogP contribution in [0.2, 0.25) is 0 Å². The summed E-state index contributed by atoms with van der Waals surface area (Å²) < 4.78 is 68.6. The van der Waals surface area contributed by atoms with E-state index < -0.39 is 33.9 Å². The topological polar surface area (TPSA) is 55.4 Å². The molecule has 2 aliphatic rings. The zero-order valence-corrected chi connectivity index (χ0v) is 11.0. The molecule has 2 aliphatic carbocycles. The first-order valence-electron chi connectivity index (χ1n) is 5.75. The van der Waals surface area contributed by atoms with E-state index >= 15 is 0 Å². The zero-order valence-electron chi connectivity index (χ0n) is 10.1. The van der Waals surface area contributed by atoms with Crippen molar-refractivity contribution in [2.45, 2.75) is 37.3 Å². The van der Waals surface area contributed by atoms with Gasteiger partial charge >= 0.3 is 6.18 Å². The summed E-state index contributed by atoms with van der Waals surface area (Å²) in [5.41, 5.74) is -0.858. The van der Waals surface area contributed by atoms with E-state index in [4.69, 9.17) is 4.74 Å². The quantitative estimate of drug-likeness (QED) is 0.856. The SMILES string of the molecule is CS(=O)(=O)NC1C=CC=C(C(F)(F)F)C1OC1CC1. The second kappa shape index (κ2) is 4.92. The van der Waals surface area contributed by atoms with Crippen LogP contribution in [0.15, 0.2) is 23.8 Å². The van der Waals surface area contributed by atoms with Crippen LogP contribution in [0.4, 0.5) is 13.2 Å². The standard InChI is InChI=1S/C11H14F3NO3S/c1-19(16,17)15-9-4-2-3-8(11(12,13)14)10(9)18-7-5-6-7/h2-4,7,9-10,15H,5-6H2,1H3. The molecule has 2 atom stereocenters. The Balaban J connectivity index is 2.23. The molecule has 1 fully saturated rings. The molecule has 19 heavy (non-hydrogen) atoms. The van der Waals surface area contributed by atoms with Crippen LogP contribution in [0, 0.1) is 0 Å². The van der Waals surface area contributed by atoms with Gasteiger partial charge in [-0.15, -0.1) is 0 Å². The number of ether oxygens (including phenoxy) is 1. The van der Waals surface area contributed by atoms with Crippen molar-refractivity contribution in [1.29, 1.82) is 0 Å². The van der Waals surface area contributed by atoms with E-state index in [2.05, 4.69) is 4.72 Å². The van der Waals surface area contributed by atoms with Gasteiger partial charge in [-0.25, -0.2) is 13.1 Å². The van der Waals surface area contributed by atoms with Crippen molar-refractivity contribution in [3.63, 3.8) is 0 Å². The second-order valence-corrected chi connectivity index (χ2v) is 6.46. The Morgan fingerprint density at radius 3 is 2.47 bits per heavy atom. The van der Waals surface area contributed by atoms with Gasteiger partial charge in [0.25, 0.3) is 0 Å². The van der Waals surface area contributed by atoms with E-state index in [1.54, 1.807) is 0 Å². The Bertz CT molecular complexity index is 506. The van der Waals surface area contributed by atoms with Crippen LogP contribution in [0.25, 0.3) is 0 Å². The first-order valence-corrected chi connectivity index (χ1v) is 7.64. The molecule has 2 unspecified atom stereocenters. The Morgan fingerprint density at radius 1 is 1.37 bits per heavy atom. The van der Waals surface area contributed by atoms with Crippen LogP contribution in [0.5, 0.6) is 0 Å². The maximum Gasteiger partial charge on any atom is 0.415 e. The zero-order chi connectivity index (χ0) is 14.3. The minimum Gasteiger partial charge on any atom is -0.368 e. The maximum atomic E-state index is 12.9. The molecule has 0 saturated heterocycles. The van der Waals surface area contributed by atoms with E-state index in [1.165, 1.54) is 12.2 Å². The molecule has 8 heteroatoms. The fourth-order valence-corrected chi connectivity index (χ4v) is 2.54. The van der Waals surface area contributed by atoms with Crippen molar-refractivity contribution in [2.24, 2.45) is 0 Å².